The Morgan fingerprint density at radius 3 is 2.71 bits per heavy atom. The zero-order valence-electron chi connectivity index (χ0n) is 9.02. The number of halogens is 1. The Morgan fingerprint density at radius 1 is 1.47 bits per heavy atom. The smallest absolute Gasteiger partial charge is 0.240 e. The van der Waals surface area contributed by atoms with Crippen LogP contribution >= 0.6 is 23.4 Å². The summed E-state index contributed by atoms with van der Waals surface area (Å²) in [5, 5.41) is 7.60. The van der Waals surface area contributed by atoms with E-state index in [9.17, 15) is 4.79 Å². The molecule has 1 heterocycles. The highest BCUT2D eigenvalue weighted by molar-refractivity contribution is 8.14. The predicted molar refractivity (Wildman–Crippen MR) is 71.7 cm³/mol. The fourth-order valence-corrected chi connectivity index (χ4v) is 2.68. The standard InChI is InChI=1S/C11H12ClN3OS/c12-7-1-3-8(4-2-7)15-6-5-9(10(15)16)17-11(13)14/h1-4,9H,5-6H2,(H3,13,14). The third kappa shape index (κ3) is 2.73. The van der Waals surface area contributed by atoms with Crippen molar-refractivity contribution < 1.29 is 4.79 Å². The average Bonchev–Trinajstić information content (AvgIpc) is 2.61. The number of amides is 1. The highest BCUT2D eigenvalue weighted by Crippen LogP contribution is 2.28. The number of anilines is 1. The first-order valence-corrected chi connectivity index (χ1v) is 6.41. The summed E-state index contributed by atoms with van der Waals surface area (Å²) in [6, 6.07) is 7.16. The lowest BCUT2D eigenvalue weighted by atomic mass is 10.3. The van der Waals surface area contributed by atoms with Gasteiger partial charge in [0.2, 0.25) is 5.91 Å². The maximum atomic E-state index is 12.0. The van der Waals surface area contributed by atoms with Crippen molar-refractivity contribution >= 4 is 40.1 Å². The molecule has 1 unspecified atom stereocenters. The van der Waals surface area contributed by atoms with Crippen molar-refractivity contribution in [2.24, 2.45) is 5.73 Å². The molecule has 0 aromatic heterocycles. The van der Waals surface area contributed by atoms with E-state index in [0.717, 1.165) is 17.4 Å². The van der Waals surface area contributed by atoms with E-state index in [-0.39, 0.29) is 16.3 Å². The molecule has 0 radical (unpaired) electrons. The number of carbonyl (C=O) groups excluding carboxylic acids is 1. The SMILES string of the molecule is N=C(N)SC1CCN(c2ccc(Cl)cc2)C1=O. The van der Waals surface area contributed by atoms with E-state index >= 15 is 0 Å². The first kappa shape index (κ1) is 12.3. The fraction of sp³-hybridized carbons (Fsp3) is 0.273. The molecule has 0 bridgehead atoms. The molecule has 6 heteroatoms. The summed E-state index contributed by atoms with van der Waals surface area (Å²) in [7, 11) is 0. The molecule has 1 atom stereocenters. The number of nitrogens with two attached hydrogens (primary N) is 1. The first-order chi connectivity index (χ1) is 8.08. The van der Waals surface area contributed by atoms with Gasteiger partial charge in [-0.1, -0.05) is 23.4 Å². The van der Waals surface area contributed by atoms with Crippen LogP contribution in [0.5, 0.6) is 0 Å². The molecule has 2 rings (SSSR count). The van der Waals surface area contributed by atoms with Gasteiger partial charge in [-0.3, -0.25) is 10.2 Å². The normalized spacial score (nSPS) is 19.7. The lowest BCUT2D eigenvalue weighted by Crippen LogP contribution is -2.29. The molecule has 1 fully saturated rings. The van der Waals surface area contributed by atoms with Crippen molar-refractivity contribution in [1.82, 2.24) is 0 Å². The number of hydrogen-bond donors (Lipinski definition) is 2. The highest BCUT2D eigenvalue weighted by atomic mass is 35.5. The molecule has 1 saturated heterocycles. The zero-order valence-corrected chi connectivity index (χ0v) is 10.6. The van der Waals surface area contributed by atoms with Crippen molar-refractivity contribution in [2.75, 3.05) is 11.4 Å². The molecule has 1 aromatic rings. The van der Waals surface area contributed by atoms with Gasteiger partial charge in [-0.15, -0.1) is 0 Å². The van der Waals surface area contributed by atoms with Gasteiger partial charge in [-0.05, 0) is 30.7 Å². The highest BCUT2D eigenvalue weighted by Gasteiger charge is 2.33. The van der Waals surface area contributed by atoms with Gasteiger partial charge in [-0.2, -0.15) is 0 Å². The van der Waals surface area contributed by atoms with Gasteiger partial charge >= 0.3 is 0 Å². The Morgan fingerprint density at radius 2 is 2.12 bits per heavy atom. The fourth-order valence-electron chi connectivity index (χ4n) is 1.79. The quantitative estimate of drug-likeness (QED) is 0.638. The van der Waals surface area contributed by atoms with Gasteiger partial charge in [0.25, 0.3) is 0 Å². The van der Waals surface area contributed by atoms with E-state index in [0.29, 0.717) is 18.0 Å². The number of nitrogens with zero attached hydrogens (tertiary/aromatic N) is 1. The van der Waals surface area contributed by atoms with Crippen LogP contribution in [-0.2, 0) is 4.79 Å². The molecule has 4 nitrogen and oxygen atoms in total. The van der Waals surface area contributed by atoms with Gasteiger partial charge in [0, 0.05) is 17.3 Å². The second kappa shape index (κ2) is 4.98. The molecule has 1 aromatic carbocycles. The molecule has 17 heavy (non-hydrogen) atoms. The van der Waals surface area contributed by atoms with Crippen LogP contribution in [0.25, 0.3) is 0 Å². The van der Waals surface area contributed by atoms with Crippen molar-refractivity contribution in [1.29, 1.82) is 5.41 Å². The maximum Gasteiger partial charge on any atom is 0.240 e. The molecule has 1 aliphatic rings. The minimum Gasteiger partial charge on any atom is -0.379 e. The van der Waals surface area contributed by atoms with Gasteiger partial charge in [-0.25, -0.2) is 0 Å². The van der Waals surface area contributed by atoms with Crippen LogP contribution in [0.3, 0.4) is 0 Å². The van der Waals surface area contributed by atoms with Crippen LogP contribution in [0.1, 0.15) is 6.42 Å². The first-order valence-electron chi connectivity index (χ1n) is 5.15. The number of rotatable bonds is 2. The van der Waals surface area contributed by atoms with Crippen molar-refractivity contribution in [3.63, 3.8) is 0 Å². The summed E-state index contributed by atoms with van der Waals surface area (Å²) in [4.78, 5) is 13.8. The summed E-state index contributed by atoms with van der Waals surface area (Å²) in [5.41, 5.74) is 6.14. The van der Waals surface area contributed by atoms with Crippen LogP contribution in [0.2, 0.25) is 5.02 Å². The van der Waals surface area contributed by atoms with Crippen molar-refractivity contribution in [2.45, 2.75) is 11.7 Å². The molecule has 90 valence electrons. The number of benzene rings is 1. The van der Waals surface area contributed by atoms with Crippen molar-refractivity contribution in [3.05, 3.63) is 29.3 Å². The molecule has 0 spiro atoms. The maximum absolute atomic E-state index is 12.0. The van der Waals surface area contributed by atoms with E-state index < -0.39 is 0 Å². The van der Waals surface area contributed by atoms with Gasteiger partial charge in [0.05, 0.1) is 5.25 Å². The number of hydrogen-bond acceptors (Lipinski definition) is 3. The van der Waals surface area contributed by atoms with Gasteiger partial charge < -0.3 is 10.6 Å². The molecule has 0 saturated carbocycles. The minimum atomic E-state index is -0.233. The molecule has 1 amide bonds. The largest absolute Gasteiger partial charge is 0.379 e. The van der Waals surface area contributed by atoms with E-state index in [1.54, 1.807) is 17.0 Å². The summed E-state index contributed by atoms with van der Waals surface area (Å²) >= 11 is 6.92. The summed E-state index contributed by atoms with van der Waals surface area (Å²) in [5.74, 6) is 0.00697. The summed E-state index contributed by atoms with van der Waals surface area (Å²) < 4.78 is 0. The minimum absolute atomic E-state index is 0.00697. The van der Waals surface area contributed by atoms with E-state index in [2.05, 4.69) is 0 Å². The zero-order chi connectivity index (χ0) is 12.4. The Kier molecular flexibility index (Phi) is 3.59. The lowest BCUT2D eigenvalue weighted by molar-refractivity contribution is -0.116. The third-order valence-electron chi connectivity index (χ3n) is 2.56. The predicted octanol–water partition coefficient (Wildman–Crippen LogP) is 2.07. The van der Waals surface area contributed by atoms with Gasteiger partial charge in [0.15, 0.2) is 5.17 Å². The Labute approximate surface area is 109 Å². The molecule has 0 aliphatic carbocycles. The molecular weight excluding hydrogens is 258 g/mol. The van der Waals surface area contributed by atoms with Gasteiger partial charge in [0.1, 0.15) is 0 Å². The second-order valence-corrected chi connectivity index (χ2v) is 5.41. The second-order valence-electron chi connectivity index (χ2n) is 3.73. The molecule has 3 N–H and O–H groups in total. The van der Waals surface area contributed by atoms with Crippen LogP contribution in [0, 0.1) is 5.41 Å². The Balaban J connectivity index is 2.12. The van der Waals surface area contributed by atoms with E-state index in [1.807, 2.05) is 12.1 Å². The summed E-state index contributed by atoms with van der Waals surface area (Å²) in [6.07, 6.45) is 0.714. The van der Waals surface area contributed by atoms with Crippen LogP contribution in [-0.4, -0.2) is 22.9 Å². The molecular formula is C11H12ClN3OS. The molecule has 1 aliphatic heterocycles. The van der Waals surface area contributed by atoms with E-state index in [4.69, 9.17) is 22.7 Å². The number of carbonyl (C=O) groups is 1. The average molecular weight is 270 g/mol. The van der Waals surface area contributed by atoms with Crippen LogP contribution in [0.4, 0.5) is 5.69 Å². The topological polar surface area (TPSA) is 70.2 Å². The lowest BCUT2D eigenvalue weighted by Gasteiger charge is -2.16. The van der Waals surface area contributed by atoms with Crippen LogP contribution in [0.15, 0.2) is 24.3 Å². The third-order valence-corrected chi connectivity index (χ3v) is 3.79. The number of thioether (sulfide) groups is 1. The monoisotopic (exact) mass is 269 g/mol. The van der Waals surface area contributed by atoms with Crippen LogP contribution < -0.4 is 10.6 Å². The number of nitrogens with one attached hydrogen (secondary N) is 1. The Bertz CT molecular complexity index is 449. The number of amidine groups is 1. The summed E-state index contributed by atoms with van der Waals surface area (Å²) in [6.45, 7) is 0.658. The van der Waals surface area contributed by atoms with E-state index in [1.165, 1.54) is 0 Å². The Hall–Kier alpha value is -1.20. The van der Waals surface area contributed by atoms with Crippen molar-refractivity contribution in [3.8, 4) is 0 Å².